The van der Waals surface area contributed by atoms with Crippen molar-refractivity contribution in [1.82, 2.24) is 0 Å². The Morgan fingerprint density at radius 2 is 0.577 bits per heavy atom. The Morgan fingerprint density at radius 3 is 0.967 bits per heavy atom. The van der Waals surface area contributed by atoms with Crippen LogP contribution in [0.25, 0.3) is 40.0 Å². The highest BCUT2D eigenvalue weighted by Crippen LogP contribution is 2.53. The molecule has 0 fully saturated rings. The van der Waals surface area contributed by atoms with Crippen molar-refractivity contribution in [2.45, 2.75) is 102 Å². The first kappa shape index (κ1) is 81.5. The average Bonchev–Trinajstić information content (AvgIpc) is 1.64. The molecule has 12 heteroatoms. The van der Waals surface area contributed by atoms with Crippen molar-refractivity contribution >= 4 is 107 Å². The maximum absolute atomic E-state index is 12.7. The van der Waals surface area contributed by atoms with Gasteiger partial charge in [-0.05, 0) is 236 Å². The lowest BCUT2D eigenvalue weighted by Gasteiger charge is -2.19. The van der Waals surface area contributed by atoms with Gasteiger partial charge in [0.15, 0.2) is 87.8 Å². The van der Waals surface area contributed by atoms with E-state index in [-0.39, 0.29) is 75.4 Å². The molecule has 5 nitrogen and oxygen atoms in total. The quantitative estimate of drug-likeness (QED) is 0.117. The number of aryl methyl sites for hydroxylation is 1. The second-order valence-electron chi connectivity index (χ2n) is 30.2. The molecule has 0 amide bonds. The summed E-state index contributed by atoms with van der Waals surface area (Å²) in [5, 5.41) is 5.37. The summed E-state index contributed by atoms with van der Waals surface area (Å²) in [6.07, 6.45) is 0. The molecule has 0 spiro atoms. The van der Waals surface area contributed by atoms with Crippen LogP contribution in [-0.4, -0.2) is 7.11 Å². The fourth-order valence-electron chi connectivity index (χ4n) is 15.2. The first-order valence-electron chi connectivity index (χ1n) is 40.8. The van der Waals surface area contributed by atoms with Gasteiger partial charge in [0.05, 0.1) is 27.7 Å². The van der Waals surface area contributed by atoms with Gasteiger partial charge in [-0.2, -0.15) is 0 Å². The Morgan fingerprint density at radius 1 is 0.276 bits per heavy atom. The van der Waals surface area contributed by atoms with Gasteiger partial charge in [0.2, 0.25) is 34.8 Å². The number of rotatable bonds is 7. The second kappa shape index (κ2) is 37.5. The standard InChI is InChI=1S/C19H15O2S.C19H15OS.C19H13OS.C18H13OS.C18H13S2.C18H19S/c1-20-14-10-12-15(13-11-14)22-18-8-4-2-6-16(18)21-17-7-3-5-9-19(17)22;1-14-10-12-15(13-11-14)21-18-8-4-2-6-16(18)20-17-7-3-5-9-19(17)21;20-19-15-10-4-6-12-17(15)21(14-8-2-1-3-9-14)18-13-7-5-11-16(18)19;2*1-2-8-14(9-3-1)20-17-12-6-4-10-15(17)19-16-11-5-7-13-18(16)20;1-18(2,3)15-8-10-16(11-9-15)19-13-12-14-6-4-5-7-17(14)19/h2-13H,1H3;2-13H,1H3;1-13H;2*1-13H;4-13H,1-3H3/q6*+1. The van der Waals surface area contributed by atoms with Gasteiger partial charge in [-0.25, -0.2) is 0 Å². The minimum Gasteiger partial charge on any atom is -0.497 e. The largest absolute Gasteiger partial charge is 0.497 e. The number of thiophene rings is 1. The first-order valence-corrected chi connectivity index (χ1v) is 49.1. The SMILES string of the molecule is CC(C)(C)c1ccc(-[s+]2ccc3ccccc32)cc1.COc1ccc([S+]2c3ccccc3Oc3ccccc32)cc1.Cc1ccc([S+]2c3ccccc3Oc3ccccc32)cc1.O=c1c2ccccc2[s+](-c2ccccc2)c2ccccc12.c1ccc([S+]2c3ccccc3Oc3ccccc32)cc1.c1ccc([S+]2c3ccccc3Sc3ccccc32)cc1. The molecular weight excluding hydrogens is 1640 g/mol. The monoisotopic (exact) mass is 1720 g/mol. The zero-order valence-electron chi connectivity index (χ0n) is 68.5. The molecule has 0 bridgehead atoms. The average molecular weight is 1730 g/mol. The van der Waals surface area contributed by atoms with E-state index in [0.29, 0.717) is 0 Å². The predicted octanol–water partition coefficient (Wildman–Crippen LogP) is 31.2. The molecule has 17 aromatic carbocycles. The van der Waals surface area contributed by atoms with E-state index in [4.69, 9.17) is 18.9 Å². The van der Waals surface area contributed by atoms with E-state index >= 15 is 0 Å². The van der Waals surface area contributed by atoms with Crippen molar-refractivity contribution in [2.24, 2.45) is 0 Å². The lowest BCUT2D eigenvalue weighted by molar-refractivity contribution is 0.414. The van der Waals surface area contributed by atoms with Crippen LogP contribution in [-0.2, 0) is 49.0 Å². The Bertz CT molecular complexity index is 6600. The van der Waals surface area contributed by atoms with Crippen LogP contribution in [0.1, 0.15) is 31.9 Å². The van der Waals surface area contributed by atoms with E-state index < -0.39 is 0 Å². The van der Waals surface area contributed by atoms with E-state index in [9.17, 15) is 4.79 Å². The number of hydrogen-bond acceptors (Lipinski definition) is 6. The highest BCUT2D eigenvalue weighted by Gasteiger charge is 2.43. The van der Waals surface area contributed by atoms with Gasteiger partial charge in [-0.1, -0.05) is 250 Å². The van der Waals surface area contributed by atoms with Crippen LogP contribution < -0.4 is 24.4 Å². The van der Waals surface area contributed by atoms with Crippen LogP contribution in [0.15, 0.2) is 515 Å². The Hall–Kier alpha value is -12.5. The van der Waals surface area contributed by atoms with Gasteiger partial charge in [0.25, 0.3) is 0 Å². The third-order valence-corrected chi connectivity index (χ3v) is 36.1. The maximum Gasteiger partial charge on any atom is 0.209 e. The first-order chi connectivity index (χ1) is 60.5. The van der Waals surface area contributed by atoms with Crippen molar-refractivity contribution < 1.29 is 18.9 Å². The minimum atomic E-state index is -0.199. The summed E-state index contributed by atoms with van der Waals surface area (Å²) in [6, 6.07) is 153. The van der Waals surface area contributed by atoms with E-state index in [2.05, 4.69) is 355 Å². The summed E-state index contributed by atoms with van der Waals surface area (Å²) in [5.41, 5.74) is 3.06. The van der Waals surface area contributed by atoms with Crippen LogP contribution in [0.3, 0.4) is 0 Å². The number of hydrogen-bond donors (Lipinski definition) is 0. The molecule has 0 aliphatic carbocycles. The molecule has 1 atom stereocenters. The van der Waals surface area contributed by atoms with Crippen molar-refractivity contribution in [3.05, 3.63) is 464 Å². The van der Waals surface area contributed by atoms with Crippen molar-refractivity contribution in [3.63, 3.8) is 0 Å². The summed E-state index contributed by atoms with van der Waals surface area (Å²) < 4.78 is 27.1. The van der Waals surface area contributed by atoms with Crippen molar-refractivity contribution in [2.75, 3.05) is 7.11 Å². The lowest BCUT2D eigenvalue weighted by atomic mass is 9.87. The number of methoxy groups -OCH3 is 1. The van der Waals surface area contributed by atoms with E-state index in [1.54, 1.807) is 7.11 Å². The summed E-state index contributed by atoms with van der Waals surface area (Å²) in [5.74, 6) is 6.65. The lowest BCUT2D eigenvalue weighted by Crippen LogP contribution is -2.12. The van der Waals surface area contributed by atoms with Crippen LogP contribution >= 0.6 is 32.7 Å². The molecule has 123 heavy (non-hydrogen) atoms. The van der Waals surface area contributed by atoms with Gasteiger partial charge in [-0.15, -0.1) is 0 Å². The summed E-state index contributed by atoms with van der Waals surface area (Å²) in [7, 11) is 1.31. The predicted molar refractivity (Wildman–Crippen MR) is 520 cm³/mol. The van der Waals surface area contributed by atoms with Crippen molar-refractivity contribution in [3.8, 4) is 50.0 Å². The fraction of sp³-hybridized carbons (Fsp3) is 0.0541. The molecule has 1 unspecified atom stereocenters. The third-order valence-electron chi connectivity index (χ3n) is 21.1. The molecule has 2 aromatic heterocycles. The highest BCUT2D eigenvalue weighted by molar-refractivity contribution is 8.04. The Kier molecular flexibility index (Phi) is 24.9. The van der Waals surface area contributed by atoms with E-state index in [0.717, 1.165) is 60.4 Å². The molecule has 598 valence electrons. The number of ether oxygens (including phenoxy) is 4. The summed E-state index contributed by atoms with van der Waals surface area (Å²) in [6.45, 7) is 8.90. The van der Waals surface area contributed by atoms with E-state index in [1.807, 2.05) is 127 Å². The van der Waals surface area contributed by atoms with Crippen LogP contribution in [0.2, 0.25) is 0 Å². The normalized spacial score (nSPS) is 12.8. The third kappa shape index (κ3) is 17.7. The summed E-state index contributed by atoms with van der Waals surface area (Å²) in [4.78, 5) is 33.9. The molecule has 0 saturated heterocycles. The minimum absolute atomic E-state index is 0.0212. The topological polar surface area (TPSA) is 54.0 Å². The van der Waals surface area contributed by atoms with E-state index in [1.165, 1.54) is 99.5 Å². The zero-order valence-corrected chi connectivity index (χ0v) is 74.3. The van der Waals surface area contributed by atoms with Gasteiger partial charge in [0, 0.05) is 32.4 Å². The molecule has 0 N–H and O–H groups in total. The molecule has 4 aliphatic heterocycles. The second-order valence-corrected chi connectivity index (χ2v) is 43.0. The molecule has 0 saturated carbocycles. The molecule has 23 rings (SSSR count). The maximum atomic E-state index is 12.7. The Labute approximate surface area is 741 Å². The van der Waals surface area contributed by atoms with Gasteiger partial charge in [-0.3, -0.25) is 4.79 Å². The number of fused-ring (bicyclic) bond motifs is 11. The Balaban J connectivity index is 0.000000101. The van der Waals surface area contributed by atoms with Crippen LogP contribution in [0, 0.1) is 6.92 Å². The fourth-order valence-corrected chi connectivity index (χ4v) is 29.8. The smallest absolute Gasteiger partial charge is 0.209 e. The van der Waals surface area contributed by atoms with Crippen LogP contribution in [0.4, 0.5) is 0 Å². The molecule has 19 aromatic rings. The summed E-state index contributed by atoms with van der Waals surface area (Å²) >= 11 is 1.89. The molecular formula is C111H88O5S7+6. The molecule has 4 aliphatic rings. The number of para-hydroxylation sites is 6. The van der Waals surface area contributed by atoms with Gasteiger partial charge >= 0.3 is 0 Å². The molecule has 0 radical (unpaired) electrons. The van der Waals surface area contributed by atoms with Gasteiger partial charge < -0.3 is 18.9 Å². The number of benzene rings is 17. The van der Waals surface area contributed by atoms with Crippen LogP contribution in [0.5, 0.6) is 40.2 Å². The zero-order chi connectivity index (χ0) is 83.6. The highest BCUT2D eigenvalue weighted by atomic mass is 32.2. The van der Waals surface area contributed by atoms with Crippen molar-refractivity contribution in [1.29, 1.82) is 0 Å². The molecule has 6 heterocycles. The van der Waals surface area contributed by atoms with Gasteiger partial charge in [0.1, 0.15) is 54.7 Å².